The number of piperidine rings is 1. The third kappa shape index (κ3) is 3.50. The van der Waals surface area contributed by atoms with Crippen LogP contribution in [0.4, 0.5) is 5.95 Å². The van der Waals surface area contributed by atoms with Crippen LogP contribution in [-0.4, -0.2) is 39.1 Å². The highest BCUT2D eigenvalue weighted by atomic mass is 16.5. The highest BCUT2D eigenvalue weighted by Crippen LogP contribution is 2.19. The van der Waals surface area contributed by atoms with Gasteiger partial charge in [-0.15, -0.1) is 0 Å². The topological polar surface area (TPSA) is 64.0 Å². The molecule has 0 aromatic carbocycles. The number of aryl methyl sites for hydroxylation is 3. The quantitative estimate of drug-likeness (QED) is 0.866. The van der Waals surface area contributed by atoms with Crippen LogP contribution in [0.2, 0.25) is 0 Å². The monoisotopic (exact) mass is 299 g/mol. The molecule has 1 atom stereocenters. The maximum Gasteiger partial charge on any atom is 0.316 e. The van der Waals surface area contributed by atoms with E-state index in [0.717, 1.165) is 48.8 Å². The van der Waals surface area contributed by atoms with Gasteiger partial charge in [0, 0.05) is 30.3 Å². The molecule has 1 unspecified atom stereocenters. The van der Waals surface area contributed by atoms with E-state index in [1.807, 2.05) is 26.8 Å². The average Bonchev–Trinajstić information content (AvgIpc) is 2.49. The van der Waals surface area contributed by atoms with Crippen molar-refractivity contribution in [3.05, 3.63) is 35.4 Å². The normalized spacial score (nSPS) is 18.3. The van der Waals surface area contributed by atoms with Gasteiger partial charge in [-0.3, -0.25) is 0 Å². The SMILES string of the molecule is Cc1cnc(OC2CCCN(c3nc(C)cc(C)n3)C2)nc1. The fourth-order valence-corrected chi connectivity index (χ4v) is 2.66. The second-order valence-corrected chi connectivity index (χ2v) is 5.82. The number of anilines is 1. The van der Waals surface area contributed by atoms with Gasteiger partial charge in [-0.1, -0.05) is 0 Å². The molecule has 116 valence electrons. The third-order valence-electron chi connectivity index (χ3n) is 3.66. The van der Waals surface area contributed by atoms with Crippen molar-refractivity contribution in [2.75, 3.05) is 18.0 Å². The van der Waals surface area contributed by atoms with Crippen LogP contribution in [0.15, 0.2) is 18.5 Å². The maximum absolute atomic E-state index is 5.90. The number of hydrogen-bond donors (Lipinski definition) is 0. The van der Waals surface area contributed by atoms with E-state index < -0.39 is 0 Å². The van der Waals surface area contributed by atoms with Gasteiger partial charge in [0.2, 0.25) is 5.95 Å². The molecule has 0 saturated carbocycles. The van der Waals surface area contributed by atoms with Crippen molar-refractivity contribution >= 4 is 5.95 Å². The summed E-state index contributed by atoms with van der Waals surface area (Å²) in [5.41, 5.74) is 3.01. The van der Waals surface area contributed by atoms with Gasteiger partial charge in [-0.05, 0) is 45.2 Å². The van der Waals surface area contributed by atoms with Crippen LogP contribution < -0.4 is 9.64 Å². The summed E-state index contributed by atoms with van der Waals surface area (Å²) >= 11 is 0. The molecule has 0 bridgehead atoms. The first kappa shape index (κ1) is 14.7. The molecular formula is C16H21N5O. The summed E-state index contributed by atoms with van der Waals surface area (Å²) in [4.78, 5) is 19.7. The molecule has 1 fully saturated rings. The molecule has 0 spiro atoms. The Morgan fingerprint density at radius 3 is 2.45 bits per heavy atom. The summed E-state index contributed by atoms with van der Waals surface area (Å²) in [7, 11) is 0. The van der Waals surface area contributed by atoms with Crippen molar-refractivity contribution < 1.29 is 4.74 Å². The number of rotatable bonds is 3. The van der Waals surface area contributed by atoms with E-state index in [-0.39, 0.29) is 6.10 Å². The van der Waals surface area contributed by atoms with Gasteiger partial charge < -0.3 is 9.64 Å². The number of nitrogens with zero attached hydrogens (tertiary/aromatic N) is 5. The van der Waals surface area contributed by atoms with Crippen LogP contribution in [0.3, 0.4) is 0 Å². The third-order valence-corrected chi connectivity index (χ3v) is 3.66. The Morgan fingerprint density at radius 1 is 1.09 bits per heavy atom. The van der Waals surface area contributed by atoms with E-state index in [1.54, 1.807) is 12.4 Å². The zero-order valence-electron chi connectivity index (χ0n) is 13.3. The van der Waals surface area contributed by atoms with Gasteiger partial charge in [-0.25, -0.2) is 19.9 Å². The standard InChI is InChI=1S/C16H21N5O/c1-11-8-17-16(18-9-11)22-14-5-4-6-21(10-14)15-19-12(2)7-13(3)20-15/h7-9,14H,4-6,10H2,1-3H3. The summed E-state index contributed by atoms with van der Waals surface area (Å²) in [6.45, 7) is 7.67. The molecule has 22 heavy (non-hydrogen) atoms. The second kappa shape index (κ2) is 6.25. The summed E-state index contributed by atoms with van der Waals surface area (Å²) < 4.78 is 5.90. The predicted molar refractivity (Wildman–Crippen MR) is 84.1 cm³/mol. The Kier molecular flexibility index (Phi) is 4.18. The molecule has 1 saturated heterocycles. The lowest BCUT2D eigenvalue weighted by Gasteiger charge is -2.32. The van der Waals surface area contributed by atoms with Gasteiger partial charge in [-0.2, -0.15) is 0 Å². The summed E-state index contributed by atoms with van der Waals surface area (Å²) in [6.07, 6.45) is 5.66. The lowest BCUT2D eigenvalue weighted by Crippen LogP contribution is -2.42. The molecule has 1 aliphatic heterocycles. The molecule has 3 heterocycles. The Balaban J connectivity index is 1.69. The molecule has 0 radical (unpaired) electrons. The van der Waals surface area contributed by atoms with Crippen LogP contribution in [0.5, 0.6) is 6.01 Å². The first-order chi connectivity index (χ1) is 10.6. The van der Waals surface area contributed by atoms with E-state index in [1.165, 1.54) is 0 Å². The Morgan fingerprint density at radius 2 is 1.77 bits per heavy atom. The zero-order valence-corrected chi connectivity index (χ0v) is 13.3. The Labute approximate surface area is 130 Å². The van der Waals surface area contributed by atoms with Crippen molar-refractivity contribution in [2.45, 2.75) is 39.7 Å². The molecule has 0 amide bonds. The van der Waals surface area contributed by atoms with E-state index >= 15 is 0 Å². The number of aromatic nitrogens is 4. The first-order valence-corrected chi connectivity index (χ1v) is 7.63. The van der Waals surface area contributed by atoms with Crippen LogP contribution in [0, 0.1) is 20.8 Å². The molecule has 0 aliphatic carbocycles. The minimum absolute atomic E-state index is 0.0703. The average molecular weight is 299 g/mol. The highest BCUT2D eigenvalue weighted by Gasteiger charge is 2.24. The molecule has 6 nitrogen and oxygen atoms in total. The van der Waals surface area contributed by atoms with E-state index in [4.69, 9.17) is 4.74 Å². The molecule has 6 heteroatoms. The van der Waals surface area contributed by atoms with Gasteiger partial charge in [0.15, 0.2) is 0 Å². The highest BCUT2D eigenvalue weighted by molar-refractivity contribution is 5.33. The minimum atomic E-state index is 0.0703. The second-order valence-electron chi connectivity index (χ2n) is 5.82. The Hall–Kier alpha value is -2.24. The van der Waals surface area contributed by atoms with Crippen molar-refractivity contribution in [1.29, 1.82) is 0 Å². The van der Waals surface area contributed by atoms with Crippen LogP contribution in [-0.2, 0) is 0 Å². The maximum atomic E-state index is 5.90. The van der Waals surface area contributed by atoms with Crippen molar-refractivity contribution in [3.8, 4) is 6.01 Å². The fraction of sp³-hybridized carbons (Fsp3) is 0.500. The molecule has 2 aromatic heterocycles. The van der Waals surface area contributed by atoms with Crippen LogP contribution in [0.25, 0.3) is 0 Å². The van der Waals surface area contributed by atoms with Gasteiger partial charge in [0.25, 0.3) is 0 Å². The van der Waals surface area contributed by atoms with Crippen molar-refractivity contribution in [2.24, 2.45) is 0 Å². The minimum Gasteiger partial charge on any atom is -0.458 e. The Bertz CT molecular complexity index is 623. The number of ether oxygens (including phenoxy) is 1. The van der Waals surface area contributed by atoms with E-state index in [0.29, 0.717) is 6.01 Å². The van der Waals surface area contributed by atoms with E-state index in [9.17, 15) is 0 Å². The molecule has 0 N–H and O–H groups in total. The first-order valence-electron chi connectivity index (χ1n) is 7.63. The summed E-state index contributed by atoms with van der Waals surface area (Å²) in [5.74, 6) is 0.788. The van der Waals surface area contributed by atoms with Crippen molar-refractivity contribution in [3.63, 3.8) is 0 Å². The molecule has 1 aliphatic rings. The molecular weight excluding hydrogens is 278 g/mol. The molecule has 2 aromatic rings. The summed E-state index contributed by atoms with van der Waals surface area (Å²) in [6, 6.07) is 2.43. The lowest BCUT2D eigenvalue weighted by atomic mass is 10.1. The van der Waals surface area contributed by atoms with Crippen molar-refractivity contribution in [1.82, 2.24) is 19.9 Å². The van der Waals surface area contributed by atoms with Gasteiger partial charge in [0.05, 0.1) is 6.54 Å². The smallest absolute Gasteiger partial charge is 0.316 e. The predicted octanol–water partition coefficient (Wildman–Crippen LogP) is 2.24. The van der Waals surface area contributed by atoms with Crippen LogP contribution in [0.1, 0.15) is 29.8 Å². The summed E-state index contributed by atoms with van der Waals surface area (Å²) in [5, 5.41) is 0. The van der Waals surface area contributed by atoms with Gasteiger partial charge in [0.1, 0.15) is 6.10 Å². The largest absolute Gasteiger partial charge is 0.458 e. The number of hydrogen-bond acceptors (Lipinski definition) is 6. The van der Waals surface area contributed by atoms with E-state index in [2.05, 4.69) is 24.8 Å². The zero-order chi connectivity index (χ0) is 15.5. The van der Waals surface area contributed by atoms with Gasteiger partial charge >= 0.3 is 6.01 Å². The fourth-order valence-electron chi connectivity index (χ4n) is 2.66. The molecule has 3 rings (SSSR count). The lowest BCUT2D eigenvalue weighted by molar-refractivity contribution is 0.164. The van der Waals surface area contributed by atoms with Crippen LogP contribution >= 0.6 is 0 Å².